The van der Waals surface area contributed by atoms with Gasteiger partial charge in [-0.05, 0) is 36.1 Å². The van der Waals surface area contributed by atoms with Gasteiger partial charge >= 0.3 is 0 Å². The van der Waals surface area contributed by atoms with Crippen LogP contribution in [0, 0.1) is 12.3 Å². The van der Waals surface area contributed by atoms with Crippen molar-refractivity contribution in [2.24, 2.45) is 5.41 Å². The summed E-state index contributed by atoms with van der Waals surface area (Å²) in [5.41, 5.74) is 2.68. The van der Waals surface area contributed by atoms with Crippen LogP contribution in [0.2, 0.25) is 0 Å². The summed E-state index contributed by atoms with van der Waals surface area (Å²) in [4.78, 5) is 2.38. The number of aliphatic hydroxyl groups excluding tert-OH is 1. The zero-order valence-electron chi connectivity index (χ0n) is 11.9. The van der Waals surface area contributed by atoms with Crippen LogP contribution < -0.4 is 10.2 Å². The third kappa shape index (κ3) is 3.71. The van der Waals surface area contributed by atoms with Gasteiger partial charge in [0, 0.05) is 35.8 Å². The summed E-state index contributed by atoms with van der Waals surface area (Å²) >= 11 is 3.55. The number of rotatable bonds is 2. The lowest BCUT2D eigenvalue weighted by molar-refractivity contribution is 0.242. The lowest BCUT2D eigenvalue weighted by Gasteiger charge is -2.31. The van der Waals surface area contributed by atoms with E-state index in [4.69, 9.17) is 0 Å². The quantitative estimate of drug-likeness (QED) is 0.876. The fourth-order valence-electron chi connectivity index (χ4n) is 2.53. The Bertz CT molecular complexity index is 448. The monoisotopic (exact) mass is 326 g/mol. The largest absolute Gasteiger partial charge is 0.395 e. The van der Waals surface area contributed by atoms with Crippen LogP contribution in [0.25, 0.3) is 0 Å². The zero-order valence-corrected chi connectivity index (χ0v) is 13.5. The van der Waals surface area contributed by atoms with E-state index in [1.165, 1.54) is 11.3 Å². The van der Waals surface area contributed by atoms with E-state index in [-0.39, 0.29) is 18.1 Å². The molecular formula is C15H23BrN2O. The SMILES string of the molecule is Cc1cc(N2CC(CO)NCC(C)(C)C2)ccc1Br. The summed E-state index contributed by atoms with van der Waals surface area (Å²) < 4.78 is 1.14. The van der Waals surface area contributed by atoms with Gasteiger partial charge in [0.25, 0.3) is 0 Å². The van der Waals surface area contributed by atoms with Gasteiger partial charge in [-0.1, -0.05) is 29.8 Å². The molecule has 1 aliphatic rings. The molecule has 2 N–H and O–H groups in total. The van der Waals surface area contributed by atoms with Crippen LogP contribution in [0.4, 0.5) is 5.69 Å². The minimum Gasteiger partial charge on any atom is -0.395 e. The molecule has 0 aliphatic carbocycles. The highest BCUT2D eigenvalue weighted by Gasteiger charge is 2.28. The Morgan fingerprint density at radius 2 is 2.21 bits per heavy atom. The Kier molecular flexibility index (Phi) is 4.54. The highest BCUT2D eigenvalue weighted by atomic mass is 79.9. The molecular weight excluding hydrogens is 304 g/mol. The fourth-order valence-corrected chi connectivity index (χ4v) is 2.78. The standard InChI is InChI=1S/C15H23BrN2O/c1-11-6-13(4-5-14(11)16)18-7-12(8-19)17-9-15(2,3)10-18/h4-6,12,17,19H,7-10H2,1-3H3. The summed E-state index contributed by atoms with van der Waals surface area (Å²) in [6, 6.07) is 6.60. The summed E-state index contributed by atoms with van der Waals surface area (Å²) in [6.07, 6.45) is 0. The van der Waals surface area contributed by atoms with Gasteiger partial charge in [0.1, 0.15) is 0 Å². The van der Waals surface area contributed by atoms with Crippen molar-refractivity contribution in [3.8, 4) is 0 Å². The number of nitrogens with one attached hydrogen (secondary N) is 1. The van der Waals surface area contributed by atoms with Crippen molar-refractivity contribution >= 4 is 21.6 Å². The molecule has 0 saturated carbocycles. The predicted octanol–water partition coefficient (Wildman–Crippen LogP) is 2.55. The molecule has 0 amide bonds. The van der Waals surface area contributed by atoms with Gasteiger partial charge in [0.05, 0.1) is 6.61 Å². The van der Waals surface area contributed by atoms with E-state index in [0.29, 0.717) is 0 Å². The zero-order chi connectivity index (χ0) is 14.0. The second kappa shape index (κ2) is 5.81. The molecule has 1 unspecified atom stereocenters. The first-order chi connectivity index (χ1) is 8.91. The molecule has 3 nitrogen and oxygen atoms in total. The van der Waals surface area contributed by atoms with Crippen molar-refractivity contribution < 1.29 is 5.11 Å². The molecule has 2 rings (SSSR count). The molecule has 0 spiro atoms. The van der Waals surface area contributed by atoms with E-state index in [1.54, 1.807) is 0 Å². The Morgan fingerprint density at radius 3 is 2.84 bits per heavy atom. The van der Waals surface area contributed by atoms with Gasteiger partial charge in [0.15, 0.2) is 0 Å². The van der Waals surface area contributed by atoms with Crippen LogP contribution in [-0.2, 0) is 0 Å². The molecule has 106 valence electrons. The molecule has 0 radical (unpaired) electrons. The predicted molar refractivity (Wildman–Crippen MR) is 83.7 cm³/mol. The minimum atomic E-state index is 0.144. The number of aliphatic hydroxyl groups is 1. The van der Waals surface area contributed by atoms with E-state index in [0.717, 1.165) is 24.1 Å². The normalized spacial score (nSPS) is 23.2. The average molecular weight is 327 g/mol. The van der Waals surface area contributed by atoms with Crippen molar-refractivity contribution in [2.45, 2.75) is 26.8 Å². The molecule has 19 heavy (non-hydrogen) atoms. The van der Waals surface area contributed by atoms with Crippen LogP contribution in [0.1, 0.15) is 19.4 Å². The third-order valence-corrected chi connectivity index (χ3v) is 4.55. The van der Waals surface area contributed by atoms with Gasteiger partial charge in [-0.15, -0.1) is 0 Å². The fraction of sp³-hybridized carbons (Fsp3) is 0.600. The molecule has 1 heterocycles. The van der Waals surface area contributed by atoms with Gasteiger partial charge in [0.2, 0.25) is 0 Å². The first kappa shape index (κ1) is 14.8. The van der Waals surface area contributed by atoms with Gasteiger partial charge in [-0.25, -0.2) is 0 Å². The Morgan fingerprint density at radius 1 is 1.47 bits per heavy atom. The Labute approximate surface area is 124 Å². The average Bonchev–Trinajstić information content (AvgIpc) is 2.51. The first-order valence-electron chi connectivity index (χ1n) is 6.77. The summed E-state index contributed by atoms with van der Waals surface area (Å²) in [7, 11) is 0. The van der Waals surface area contributed by atoms with E-state index in [1.807, 2.05) is 0 Å². The van der Waals surface area contributed by atoms with E-state index in [9.17, 15) is 5.11 Å². The number of hydrogen-bond donors (Lipinski definition) is 2. The van der Waals surface area contributed by atoms with Crippen molar-refractivity contribution in [3.05, 3.63) is 28.2 Å². The van der Waals surface area contributed by atoms with E-state index in [2.05, 4.69) is 65.1 Å². The van der Waals surface area contributed by atoms with Crippen LogP contribution in [0.3, 0.4) is 0 Å². The van der Waals surface area contributed by atoms with Crippen LogP contribution in [0.15, 0.2) is 22.7 Å². The highest BCUT2D eigenvalue weighted by molar-refractivity contribution is 9.10. The van der Waals surface area contributed by atoms with Crippen LogP contribution in [-0.4, -0.2) is 37.4 Å². The topological polar surface area (TPSA) is 35.5 Å². The highest BCUT2D eigenvalue weighted by Crippen LogP contribution is 2.27. The molecule has 1 fully saturated rings. The smallest absolute Gasteiger partial charge is 0.0601 e. The maximum Gasteiger partial charge on any atom is 0.0601 e. The minimum absolute atomic E-state index is 0.144. The van der Waals surface area contributed by atoms with Crippen molar-refractivity contribution in [2.75, 3.05) is 31.1 Å². The maximum absolute atomic E-state index is 9.45. The summed E-state index contributed by atoms with van der Waals surface area (Å²) in [6.45, 7) is 9.60. The van der Waals surface area contributed by atoms with E-state index >= 15 is 0 Å². The number of hydrogen-bond acceptors (Lipinski definition) is 3. The lowest BCUT2D eigenvalue weighted by Crippen LogP contribution is -2.40. The van der Waals surface area contributed by atoms with Crippen molar-refractivity contribution in [1.82, 2.24) is 5.32 Å². The molecule has 1 atom stereocenters. The van der Waals surface area contributed by atoms with Gasteiger partial charge in [-0.3, -0.25) is 0 Å². The number of nitrogens with zero attached hydrogens (tertiary/aromatic N) is 1. The van der Waals surface area contributed by atoms with E-state index < -0.39 is 0 Å². The number of halogens is 1. The number of anilines is 1. The maximum atomic E-state index is 9.45. The molecule has 1 aromatic carbocycles. The number of benzene rings is 1. The van der Waals surface area contributed by atoms with Gasteiger partial charge in [-0.2, -0.15) is 0 Å². The number of aryl methyl sites for hydroxylation is 1. The van der Waals surface area contributed by atoms with Gasteiger partial charge < -0.3 is 15.3 Å². The molecule has 4 heteroatoms. The molecule has 0 aromatic heterocycles. The lowest BCUT2D eigenvalue weighted by atomic mass is 9.93. The summed E-state index contributed by atoms with van der Waals surface area (Å²) in [5.74, 6) is 0. The van der Waals surface area contributed by atoms with Crippen LogP contribution >= 0.6 is 15.9 Å². The Hall–Kier alpha value is -0.580. The third-order valence-electron chi connectivity index (χ3n) is 3.66. The molecule has 1 aliphatic heterocycles. The molecule has 0 bridgehead atoms. The molecule has 1 aromatic rings. The second-order valence-corrected chi connectivity index (χ2v) is 7.09. The van der Waals surface area contributed by atoms with Crippen molar-refractivity contribution in [3.63, 3.8) is 0 Å². The van der Waals surface area contributed by atoms with Crippen molar-refractivity contribution in [1.29, 1.82) is 0 Å². The Balaban J connectivity index is 2.26. The first-order valence-corrected chi connectivity index (χ1v) is 7.56. The molecule has 1 saturated heterocycles. The summed E-state index contributed by atoms with van der Waals surface area (Å²) in [5, 5.41) is 12.9. The van der Waals surface area contributed by atoms with Crippen LogP contribution in [0.5, 0.6) is 0 Å². The second-order valence-electron chi connectivity index (χ2n) is 6.24.